The zero-order valence-corrected chi connectivity index (χ0v) is 22.9. The van der Waals surface area contributed by atoms with Crippen LogP contribution in [0.4, 0.5) is 0 Å². The maximum absolute atomic E-state index is 13.4. The molecule has 196 valence electrons. The topological polar surface area (TPSA) is 87.4 Å². The Labute approximate surface area is 236 Å². The SMILES string of the molecule is COc1ccc(-c2nn(-c3ccccc3)cc2C=c2sc3nc(-c4oc5ccccc5c4C)nn3c2=O)cc1Cl. The highest BCUT2D eigenvalue weighted by atomic mass is 35.5. The summed E-state index contributed by atoms with van der Waals surface area (Å²) in [6.07, 6.45) is 3.71. The summed E-state index contributed by atoms with van der Waals surface area (Å²) in [5.41, 5.74) is 4.53. The summed E-state index contributed by atoms with van der Waals surface area (Å²) in [6.45, 7) is 1.96. The Morgan fingerprint density at radius 3 is 2.58 bits per heavy atom. The first-order chi connectivity index (χ1) is 19.5. The van der Waals surface area contributed by atoms with E-state index in [0.29, 0.717) is 37.5 Å². The maximum Gasteiger partial charge on any atom is 0.291 e. The molecular weight excluding hydrogens is 546 g/mol. The van der Waals surface area contributed by atoms with Crippen molar-refractivity contribution in [1.82, 2.24) is 24.4 Å². The average molecular weight is 566 g/mol. The molecule has 4 heterocycles. The summed E-state index contributed by atoms with van der Waals surface area (Å²) < 4.78 is 14.9. The molecule has 0 atom stereocenters. The van der Waals surface area contributed by atoms with Crippen molar-refractivity contribution in [3.8, 4) is 34.3 Å². The number of para-hydroxylation sites is 2. The molecule has 0 aliphatic rings. The number of halogens is 1. The van der Waals surface area contributed by atoms with Crippen LogP contribution in [0.3, 0.4) is 0 Å². The van der Waals surface area contributed by atoms with Gasteiger partial charge in [-0.05, 0) is 49.4 Å². The van der Waals surface area contributed by atoms with Crippen molar-refractivity contribution < 1.29 is 9.15 Å². The number of thiazole rings is 1. The van der Waals surface area contributed by atoms with Gasteiger partial charge in [-0.25, -0.2) is 4.68 Å². The second kappa shape index (κ2) is 9.48. The third kappa shape index (κ3) is 3.98. The van der Waals surface area contributed by atoms with Gasteiger partial charge in [-0.3, -0.25) is 4.79 Å². The van der Waals surface area contributed by atoms with E-state index in [1.54, 1.807) is 23.9 Å². The first-order valence-corrected chi connectivity index (χ1v) is 13.6. The highest BCUT2D eigenvalue weighted by Gasteiger charge is 2.20. The highest BCUT2D eigenvalue weighted by Crippen LogP contribution is 2.33. The van der Waals surface area contributed by atoms with Crippen LogP contribution in [0.25, 0.3) is 50.5 Å². The fraction of sp³-hybridized carbons (Fsp3) is 0.0667. The number of ether oxygens (including phenoxy) is 1. The summed E-state index contributed by atoms with van der Waals surface area (Å²) in [5, 5.41) is 10.8. The van der Waals surface area contributed by atoms with Crippen LogP contribution in [-0.4, -0.2) is 31.5 Å². The van der Waals surface area contributed by atoms with E-state index in [9.17, 15) is 4.79 Å². The second-order valence-electron chi connectivity index (χ2n) is 9.16. The first kappa shape index (κ1) is 24.3. The Hall–Kier alpha value is -4.73. The smallest absolute Gasteiger partial charge is 0.291 e. The molecule has 0 amide bonds. The molecule has 7 aromatic rings. The van der Waals surface area contributed by atoms with Crippen LogP contribution in [0.2, 0.25) is 5.02 Å². The van der Waals surface area contributed by atoms with E-state index in [1.165, 1.54) is 15.9 Å². The number of aryl methyl sites for hydroxylation is 1. The molecule has 8 nitrogen and oxygen atoms in total. The summed E-state index contributed by atoms with van der Waals surface area (Å²) in [5.74, 6) is 1.51. The van der Waals surface area contributed by atoms with Crippen molar-refractivity contribution >= 4 is 44.9 Å². The third-order valence-corrected chi connectivity index (χ3v) is 7.96. The number of nitrogens with zero attached hydrogens (tertiary/aromatic N) is 5. The van der Waals surface area contributed by atoms with Crippen molar-refractivity contribution in [2.45, 2.75) is 6.92 Å². The van der Waals surface area contributed by atoms with Crippen LogP contribution in [0.1, 0.15) is 11.1 Å². The Bertz CT molecular complexity index is 2160. The minimum atomic E-state index is -0.265. The normalized spacial score (nSPS) is 12.1. The first-order valence-electron chi connectivity index (χ1n) is 12.4. The van der Waals surface area contributed by atoms with Gasteiger partial charge in [0.15, 0.2) is 5.76 Å². The molecule has 7 rings (SSSR count). The lowest BCUT2D eigenvalue weighted by Crippen LogP contribution is -2.23. The van der Waals surface area contributed by atoms with E-state index in [-0.39, 0.29) is 5.56 Å². The molecule has 0 fully saturated rings. The van der Waals surface area contributed by atoms with Gasteiger partial charge in [0.05, 0.1) is 22.4 Å². The maximum atomic E-state index is 13.4. The lowest BCUT2D eigenvalue weighted by molar-refractivity contribution is 0.415. The van der Waals surface area contributed by atoms with E-state index in [1.807, 2.05) is 79.9 Å². The van der Waals surface area contributed by atoms with E-state index in [0.717, 1.165) is 33.3 Å². The molecule has 0 spiro atoms. The Kier molecular flexibility index (Phi) is 5.76. The van der Waals surface area contributed by atoms with Crippen LogP contribution in [-0.2, 0) is 0 Å². The van der Waals surface area contributed by atoms with Crippen molar-refractivity contribution in [3.05, 3.63) is 110 Å². The van der Waals surface area contributed by atoms with Gasteiger partial charge in [0.2, 0.25) is 10.8 Å². The molecule has 0 bridgehead atoms. The molecule has 3 aromatic carbocycles. The number of benzene rings is 3. The lowest BCUT2D eigenvalue weighted by Gasteiger charge is -2.05. The van der Waals surface area contributed by atoms with Gasteiger partial charge in [-0.15, -0.1) is 5.10 Å². The molecule has 0 saturated carbocycles. The highest BCUT2D eigenvalue weighted by molar-refractivity contribution is 7.15. The van der Waals surface area contributed by atoms with E-state index in [2.05, 4.69) is 10.1 Å². The number of hydrogen-bond donors (Lipinski definition) is 0. The van der Waals surface area contributed by atoms with Crippen molar-refractivity contribution in [2.24, 2.45) is 0 Å². The van der Waals surface area contributed by atoms with Crippen LogP contribution in [0.15, 0.2) is 88.2 Å². The van der Waals surface area contributed by atoms with Gasteiger partial charge in [0.25, 0.3) is 5.56 Å². The fourth-order valence-corrected chi connectivity index (χ4v) is 5.86. The number of fused-ring (bicyclic) bond motifs is 2. The van der Waals surface area contributed by atoms with Crippen LogP contribution in [0, 0.1) is 6.92 Å². The van der Waals surface area contributed by atoms with Crippen LogP contribution >= 0.6 is 22.9 Å². The predicted octanol–water partition coefficient (Wildman–Crippen LogP) is 5.94. The van der Waals surface area contributed by atoms with Gasteiger partial charge in [0.1, 0.15) is 17.0 Å². The minimum Gasteiger partial charge on any atom is -0.495 e. The Morgan fingerprint density at radius 2 is 1.82 bits per heavy atom. The summed E-state index contributed by atoms with van der Waals surface area (Å²) in [4.78, 5) is 18.6. The van der Waals surface area contributed by atoms with Crippen molar-refractivity contribution in [1.29, 1.82) is 0 Å². The van der Waals surface area contributed by atoms with Crippen molar-refractivity contribution in [2.75, 3.05) is 7.11 Å². The standard InChI is InChI=1S/C30H20ClN5O3S/c1-17-21-10-6-7-11-23(21)39-27(17)28-32-30-36(34-28)29(37)25(40-30)15-19-16-35(20-8-4-3-5-9-20)33-26(19)18-12-13-24(38-2)22(31)14-18/h3-16H,1-2H3. The number of methoxy groups -OCH3 is 1. The van der Waals surface area contributed by atoms with E-state index in [4.69, 9.17) is 25.9 Å². The molecule has 4 aromatic heterocycles. The summed E-state index contributed by atoms with van der Waals surface area (Å²) >= 11 is 7.70. The molecule has 0 aliphatic heterocycles. The second-order valence-corrected chi connectivity index (χ2v) is 10.6. The molecule has 0 aliphatic carbocycles. The molecule has 0 saturated heterocycles. The fourth-order valence-electron chi connectivity index (χ4n) is 4.70. The zero-order valence-electron chi connectivity index (χ0n) is 21.3. The number of hydrogen-bond acceptors (Lipinski definition) is 7. The monoisotopic (exact) mass is 565 g/mol. The van der Waals surface area contributed by atoms with E-state index < -0.39 is 0 Å². The molecule has 0 radical (unpaired) electrons. The average Bonchev–Trinajstić information content (AvgIpc) is 3.73. The van der Waals surface area contributed by atoms with Gasteiger partial charge >= 0.3 is 0 Å². The number of furan rings is 1. The Balaban J connectivity index is 1.36. The summed E-state index contributed by atoms with van der Waals surface area (Å²) in [7, 11) is 1.57. The lowest BCUT2D eigenvalue weighted by atomic mass is 10.1. The van der Waals surface area contributed by atoms with Gasteiger partial charge in [-0.1, -0.05) is 59.3 Å². The largest absolute Gasteiger partial charge is 0.495 e. The number of aromatic nitrogens is 5. The predicted molar refractivity (Wildman–Crippen MR) is 156 cm³/mol. The minimum absolute atomic E-state index is 0.265. The Morgan fingerprint density at radius 1 is 1.02 bits per heavy atom. The zero-order chi connectivity index (χ0) is 27.4. The van der Waals surface area contributed by atoms with Gasteiger partial charge in [0, 0.05) is 28.3 Å². The summed E-state index contributed by atoms with van der Waals surface area (Å²) in [6, 6.07) is 23.0. The third-order valence-electron chi connectivity index (χ3n) is 6.70. The van der Waals surface area contributed by atoms with Crippen molar-refractivity contribution in [3.63, 3.8) is 0 Å². The molecule has 10 heteroatoms. The van der Waals surface area contributed by atoms with Crippen LogP contribution < -0.4 is 14.8 Å². The molecular formula is C30H20ClN5O3S. The van der Waals surface area contributed by atoms with Gasteiger partial charge in [-0.2, -0.15) is 14.6 Å². The molecule has 0 unspecified atom stereocenters. The number of rotatable bonds is 5. The quantitative estimate of drug-likeness (QED) is 0.257. The van der Waals surface area contributed by atoms with Gasteiger partial charge < -0.3 is 9.15 Å². The van der Waals surface area contributed by atoms with E-state index >= 15 is 0 Å². The molecule has 0 N–H and O–H groups in total. The molecule has 40 heavy (non-hydrogen) atoms. The van der Waals surface area contributed by atoms with Crippen LogP contribution in [0.5, 0.6) is 5.75 Å².